The molecular weight excluding hydrogens is 210 g/mol. The van der Waals surface area contributed by atoms with Crippen molar-refractivity contribution in [1.29, 1.82) is 0 Å². The van der Waals surface area contributed by atoms with E-state index in [0.717, 1.165) is 0 Å². The van der Waals surface area contributed by atoms with Gasteiger partial charge in [0.15, 0.2) is 5.69 Å². The lowest BCUT2D eigenvalue weighted by atomic mass is 10.2. The molecule has 1 aromatic heterocycles. The van der Waals surface area contributed by atoms with E-state index in [1.807, 2.05) is 13.8 Å². The Kier molecular flexibility index (Phi) is 4.43. The average molecular weight is 225 g/mol. The minimum atomic E-state index is -0.312. The minimum Gasteiger partial charge on any atom is -0.354 e. The first kappa shape index (κ1) is 12.2. The van der Waals surface area contributed by atoms with Crippen molar-refractivity contribution in [2.45, 2.75) is 13.8 Å². The zero-order chi connectivity index (χ0) is 12.0. The molecule has 1 rings (SSSR count). The van der Waals surface area contributed by atoms with Gasteiger partial charge in [0.1, 0.15) is 0 Å². The summed E-state index contributed by atoms with van der Waals surface area (Å²) in [4.78, 5) is 22.5. The van der Waals surface area contributed by atoms with E-state index in [0.29, 0.717) is 13.1 Å². The number of aromatic nitrogens is 3. The Hall–Kier alpha value is -1.92. The molecule has 0 aliphatic carbocycles. The molecule has 0 radical (unpaired) electrons. The van der Waals surface area contributed by atoms with Crippen LogP contribution in [0.1, 0.15) is 24.3 Å². The first-order valence-corrected chi connectivity index (χ1v) is 5.03. The topological polar surface area (TPSA) is 99.8 Å². The van der Waals surface area contributed by atoms with Gasteiger partial charge in [0.05, 0.1) is 6.20 Å². The Morgan fingerprint density at radius 2 is 2.06 bits per heavy atom. The molecule has 0 aromatic carbocycles. The Morgan fingerprint density at radius 3 is 2.62 bits per heavy atom. The van der Waals surface area contributed by atoms with Crippen molar-refractivity contribution in [3.8, 4) is 0 Å². The second-order valence-corrected chi connectivity index (χ2v) is 3.56. The number of carbonyl (C=O) groups excluding carboxylic acids is 2. The smallest absolute Gasteiger partial charge is 0.273 e. The second kappa shape index (κ2) is 5.84. The predicted octanol–water partition coefficient (Wildman–Crippen LogP) is -0.693. The van der Waals surface area contributed by atoms with Gasteiger partial charge in [-0.15, -0.1) is 0 Å². The monoisotopic (exact) mass is 225 g/mol. The second-order valence-electron chi connectivity index (χ2n) is 3.56. The quantitative estimate of drug-likeness (QED) is 0.577. The first-order chi connectivity index (χ1) is 7.61. The summed E-state index contributed by atoms with van der Waals surface area (Å²) in [5, 5.41) is 14.8. The molecule has 0 aliphatic heterocycles. The van der Waals surface area contributed by atoms with E-state index in [9.17, 15) is 9.59 Å². The van der Waals surface area contributed by atoms with E-state index >= 15 is 0 Å². The number of H-pyrrole nitrogens is 1. The number of hydrogen-bond acceptors (Lipinski definition) is 4. The normalized spacial score (nSPS) is 10.2. The molecule has 0 saturated carbocycles. The fourth-order valence-corrected chi connectivity index (χ4v) is 0.967. The minimum absolute atomic E-state index is 0.0318. The molecule has 0 saturated heterocycles. The lowest BCUT2D eigenvalue weighted by Gasteiger charge is -2.07. The van der Waals surface area contributed by atoms with E-state index in [1.165, 1.54) is 6.20 Å². The Labute approximate surface area is 93.0 Å². The van der Waals surface area contributed by atoms with Crippen LogP contribution < -0.4 is 10.6 Å². The summed E-state index contributed by atoms with van der Waals surface area (Å²) in [5.41, 5.74) is 0.232. The van der Waals surface area contributed by atoms with Gasteiger partial charge in [0, 0.05) is 19.0 Å². The van der Waals surface area contributed by atoms with Gasteiger partial charge in [-0.1, -0.05) is 13.8 Å². The van der Waals surface area contributed by atoms with E-state index in [2.05, 4.69) is 26.0 Å². The number of carbonyl (C=O) groups is 2. The van der Waals surface area contributed by atoms with Crippen LogP contribution in [0.5, 0.6) is 0 Å². The van der Waals surface area contributed by atoms with Crippen molar-refractivity contribution in [3.63, 3.8) is 0 Å². The molecule has 7 nitrogen and oxygen atoms in total. The Morgan fingerprint density at radius 1 is 1.38 bits per heavy atom. The van der Waals surface area contributed by atoms with Crippen LogP contribution in [-0.4, -0.2) is 40.3 Å². The number of aromatic amines is 1. The van der Waals surface area contributed by atoms with E-state index < -0.39 is 0 Å². The molecule has 0 fully saturated rings. The molecule has 3 N–H and O–H groups in total. The standard InChI is InChI=1S/C9H15N5O2/c1-6(2)8(15)10-3-4-11-9(16)7-5-12-14-13-7/h5-6H,3-4H2,1-2H3,(H,10,15)(H,11,16)(H,12,13,14). The fourth-order valence-electron chi connectivity index (χ4n) is 0.967. The molecule has 0 bridgehead atoms. The van der Waals surface area contributed by atoms with Gasteiger partial charge in [0.25, 0.3) is 5.91 Å². The number of amides is 2. The maximum absolute atomic E-state index is 11.3. The third-order valence-corrected chi connectivity index (χ3v) is 1.88. The van der Waals surface area contributed by atoms with Gasteiger partial charge >= 0.3 is 0 Å². The van der Waals surface area contributed by atoms with Crippen molar-refractivity contribution in [3.05, 3.63) is 11.9 Å². The molecule has 0 aliphatic rings. The highest BCUT2D eigenvalue weighted by Crippen LogP contribution is 1.89. The fraction of sp³-hybridized carbons (Fsp3) is 0.556. The van der Waals surface area contributed by atoms with Crippen molar-refractivity contribution in [2.75, 3.05) is 13.1 Å². The third-order valence-electron chi connectivity index (χ3n) is 1.88. The highest BCUT2D eigenvalue weighted by atomic mass is 16.2. The van der Waals surface area contributed by atoms with Crippen molar-refractivity contribution >= 4 is 11.8 Å². The summed E-state index contributed by atoms with van der Waals surface area (Å²) in [5.74, 6) is -0.394. The molecule has 7 heteroatoms. The lowest BCUT2D eigenvalue weighted by Crippen LogP contribution is -2.36. The van der Waals surface area contributed by atoms with E-state index in [-0.39, 0.29) is 23.4 Å². The predicted molar refractivity (Wildman–Crippen MR) is 56.6 cm³/mol. The van der Waals surface area contributed by atoms with Crippen molar-refractivity contribution in [2.24, 2.45) is 5.92 Å². The maximum atomic E-state index is 11.3. The summed E-state index contributed by atoms with van der Waals surface area (Å²) in [6.45, 7) is 4.39. The summed E-state index contributed by atoms with van der Waals surface area (Å²) < 4.78 is 0. The zero-order valence-electron chi connectivity index (χ0n) is 9.28. The molecule has 1 aromatic rings. The number of hydrogen-bond donors (Lipinski definition) is 3. The van der Waals surface area contributed by atoms with Crippen molar-refractivity contribution < 1.29 is 9.59 Å². The maximum Gasteiger partial charge on any atom is 0.273 e. The van der Waals surface area contributed by atoms with Gasteiger partial charge in [-0.25, -0.2) is 0 Å². The molecule has 16 heavy (non-hydrogen) atoms. The highest BCUT2D eigenvalue weighted by Gasteiger charge is 2.08. The highest BCUT2D eigenvalue weighted by molar-refractivity contribution is 5.91. The Balaban J connectivity index is 2.17. The van der Waals surface area contributed by atoms with Crippen LogP contribution >= 0.6 is 0 Å². The summed E-state index contributed by atoms with van der Waals surface area (Å²) >= 11 is 0. The van der Waals surface area contributed by atoms with E-state index in [1.54, 1.807) is 0 Å². The third kappa shape index (κ3) is 3.68. The van der Waals surface area contributed by atoms with Crippen LogP contribution in [0.4, 0.5) is 0 Å². The van der Waals surface area contributed by atoms with Gasteiger partial charge in [-0.3, -0.25) is 9.59 Å². The lowest BCUT2D eigenvalue weighted by molar-refractivity contribution is -0.123. The molecular formula is C9H15N5O2. The Bertz CT molecular complexity index is 347. The number of nitrogens with one attached hydrogen (secondary N) is 3. The summed E-state index contributed by atoms with van der Waals surface area (Å²) in [6, 6.07) is 0. The zero-order valence-corrected chi connectivity index (χ0v) is 9.28. The number of rotatable bonds is 5. The van der Waals surface area contributed by atoms with Crippen LogP contribution in [0.2, 0.25) is 0 Å². The molecule has 2 amide bonds. The van der Waals surface area contributed by atoms with Gasteiger partial charge in [-0.2, -0.15) is 15.4 Å². The largest absolute Gasteiger partial charge is 0.354 e. The molecule has 0 atom stereocenters. The molecule has 1 heterocycles. The van der Waals surface area contributed by atoms with Crippen LogP contribution in [-0.2, 0) is 4.79 Å². The summed E-state index contributed by atoms with van der Waals surface area (Å²) in [7, 11) is 0. The van der Waals surface area contributed by atoms with Gasteiger partial charge in [0.2, 0.25) is 5.91 Å². The first-order valence-electron chi connectivity index (χ1n) is 5.03. The van der Waals surface area contributed by atoms with Crippen LogP contribution in [0.25, 0.3) is 0 Å². The SMILES string of the molecule is CC(C)C(=O)NCCNC(=O)c1cn[nH]n1. The number of nitrogens with zero attached hydrogens (tertiary/aromatic N) is 2. The molecule has 0 unspecified atom stereocenters. The van der Waals surface area contributed by atoms with Gasteiger partial charge in [-0.05, 0) is 0 Å². The summed E-state index contributed by atoms with van der Waals surface area (Å²) in [6.07, 6.45) is 1.34. The van der Waals surface area contributed by atoms with Crippen molar-refractivity contribution in [1.82, 2.24) is 26.0 Å². The van der Waals surface area contributed by atoms with Crippen LogP contribution in [0, 0.1) is 5.92 Å². The average Bonchev–Trinajstić information content (AvgIpc) is 2.76. The van der Waals surface area contributed by atoms with Crippen LogP contribution in [0.15, 0.2) is 6.20 Å². The van der Waals surface area contributed by atoms with Gasteiger partial charge < -0.3 is 10.6 Å². The van der Waals surface area contributed by atoms with E-state index in [4.69, 9.17) is 0 Å². The van der Waals surface area contributed by atoms with Crippen LogP contribution in [0.3, 0.4) is 0 Å². The molecule has 88 valence electrons. The molecule has 0 spiro atoms.